The fourth-order valence-electron chi connectivity index (χ4n) is 2.85. The average molecular weight is 400 g/mol. The van der Waals surface area contributed by atoms with Gasteiger partial charge in [0.25, 0.3) is 5.91 Å². The van der Waals surface area contributed by atoms with Gasteiger partial charge >= 0.3 is 0 Å². The van der Waals surface area contributed by atoms with Gasteiger partial charge in [-0.3, -0.25) is 4.79 Å². The van der Waals surface area contributed by atoms with E-state index in [1.54, 1.807) is 29.8 Å². The first kappa shape index (κ1) is 18.3. The molecule has 1 unspecified atom stereocenters. The number of hydrogen-bond donors (Lipinski definition) is 1. The SMILES string of the molecule is CSc1ccc(Cl)c(C(=O)Nc2cc(C)nn2C2CCS(=O)(=O)C2)c1. The standard InChI is InChI=1S/C16H18ClN3O3S2/c1-10-7-15(20(19-10)11-5-6-25(22,23)9-11)18-16(21)13-8-12(24-2)3-4-14(13)17/h3-4,7-8,11H,5-6,9H2,1-2H3,(H,18,21). The lowest BCUT2D eigenvalue weighted by atomic mass is 10.2. The van der Waals surface area contributed by atoms with Gasteiger partial charge in [-0.15, -0.1) is 11.8 Å². The lowest BCUT2D eigenvalue weighted by Gasteiger charge is -2.14. The van der Waals surface area contributed by atoms with Gasteiger partial charge in [-0.1, -0.05) is 11.6 Å². The Morgan fingerprint density at radius 2 is 2.16 bits per heavy atom. The van der Waals surface area contributed by atoms with E-state index < -0.39 is 9.84 Å². The van der Waals surface area contributed by atoms with Gasteiger partial charge in [-0.05, 0) is 37.8 Å². The Morgan fingerprint density at radius 1 is 1.40 bits per heavy atom. The number of aryl methyl sites for hydroxylation is 1. The number of hydrogen-bond acceptors (Lipinski definition) is 5. The molecule has 1 aliphatic heterocycles. The summed E-state index contributed by atoms with van der Waals surface area (Å²) in [5, 5.41) is 7.54. The lowest BCUT2D eigenvalue weighted by Crippen LogP contribution is -2.19. The number of benzene rings is 1. The third-order valence-corrected chi connectivity index (χ3v) is 6.88. The highest BCUT2D eigenvalue weighted by atomic mass is 35.5. The Balaban J connectivity index is 1.88. The molecule has 3 rings (SSSR count). The van der Waals surface area contributed by atoms with Crippen LogP contribution in [0.3, 0.4) is 0 Å². The summed E-state index contributed by atoms with van der Waals surface area (Å²) in [6.45, 7) is 1.80. The summed E-state index contributed by atoms with van der Waals surface area (Å²) in [6.07, 6.45) is 2.42. The highest BCUT2D eigenvalue weighted by Gasteiger charge is 2.31. The van der Waals surface area contributed by atoms with Gasteiger partial charge in [-0.25, -0.2) is 13.1 Å². The Hall–Kier alpha value is -1.51. The number of halogens is 1. The van der Waals surface area contributed by atoms with E-state index in [0.29, 0.717) is 28.5 Å². The molecule has 1 aromatic carbocycles. The quantitative estimate of drug-likeness (QED) is 0.798. The zero-order chi connectivity index (χ0) is 18.2. The maximum absolute atomic E-state index is 12.6. The number of carbonyl (C=O) groups excluding carboxylic acids is 1. The van der Waals surface area contributed by atoms with Crippen molar-refractivity contribution in [2.45, 2.75) is 24.3 Å². The van der Waals surface area contributed by atoms with Crippen molar-refractivity contribution in [3.8, 4) is 0 Å². The number of nitrogens with one attached hydrogen (secondary N) is 1. The highest BCUT2D eigenvalue weighted by Crippen LogP contribution is 2.28. The minimum Gasteiger partial charge on any atom is -0.307 e. The molecule has 0 bridgehead atoms. The summed E-state index contributed by atoms with van der Waals surface area (Å²) >= 11 is 7.67. The van der Waals surface area contributed by atoms with Crippen molar-refractivity contribution in [2.75, 3.05) is 23.1 Å². The van der Waals surface area contributed by atoms with Crippen LogP contribution in [0.5, 0.6) is 0 Å². The van der Waals surface area contributed by atoms with Gasteiger partial charge in [0.2, 0.25) is 0 Å². The van der Waals surface area contributed by atoms with Crippen LogP contribution < -0.4 is 5.32 Å². The summed E-state index contributed by atoms with van der Waals surface area (Å²) in [5.74, 6) is 0.323. The van der Waals surface area contributed by atoms with Crippen molar-refractivity contribution < 1.29 is 13.2 Å². The molecule has 134 valence electrons. The van der Waals surface area contributed by atoms with E-state index in [0.717, 1.165) is 4.90 Å². The molecule has 1 aliphatic rings. The van der Waals surface area contributed by atoms with Crippen LogP contribution in [0.1, 0.15) is 28.5 Å². The third-order valence-electron chi connectivity index (χ3n) is 4.07. The summed E-state index contributed by atoms with van der Waals surface area (Å²) < 4.78 is 25.1. The second kappa shape index (κ2) is 7.01. The van der Waals surface area contributed by atoms with Crippen molar-refractivity contribution >= 4 is 44.9 Å². The number of nitrogens with zero attached hydrogens (tertiary/aromatic N) is 2. The molecule has 1 N–H and O–H groups in total. The van der Waals surface area contributed by atoms with Crippen LogP contribution in [-0.2, 0) is 9.84 Å². The van der Waals surface area contributed by atoms with Gasteiger partial charge < -0.3 is 5.32 Å². The molecule has 0 spiro atoms. The van der Waals surface area contributed by atoms with E-state index in [4.69, 9.17) is 11.6 Å². The monoisotopic (exact) mass is 399 g/mol. The molecule has 1 saturated heterocycles. The first-order chi connectivity index (χ1) is 11.8. The van der Waals surface area contributed by atoms with E-state index >= 15 is 0 Å². The molecule has 1 aromatic heterocycles. The van der Waals surface area contributed by atoms with E-state index in [1.807, 2.05) is 12.3 Å². The van der Waals surface area contributed by atoms with Crippen LogP contribution in [-0.4, -0.2) is 41.9 Å². The molecule has 9 heteroatoms. The van der Waals surface area contributed by atoms with Gasteiger partial charge in [-0.2, -0.15) is 5.10 Å². The molecule has 2 aromatic rings. The molecule has 25 heavy (non-hydrogen) atoms. The molecule has 0 aliphatic carbocycles. The summed E-state index contributed by atoms with van der Waals surface area (Å²) in [7, 11) is -3.04. The predicted molar refractivity (Wildman–Crippen MR) is 100 cm³/mol. The highest BCUT2D eigenvalue weighted by molar-refractivity contribution is 7.98. The van der Waals surface area contributed by atoms with Crippen LogP contribution in [0.2, 0.25) is 5.02 Å². The average Bonchev–Trinajstić information content (AvgIpc) is 3.09. The van der Waals surface area contributed by atoms with E-state index in [-0.39, 0.29) is 23.5 Å². The second-order valence-electron chi connectivity index (χ2n) is 5.97. The maximum atomic E-state index is 12.6. The Kier molecular flexibility index (Phi) is 5.13. The molecule has 0 saturated carbocycles. The fraction of sp³-hybridized carbons (Fsp3) is 0.375. The Bertz CT molecular complexity index is 925. The van der Waals surface area contributed by atoms with Crippen LogP contribution in [0.15, 0.2) is 29.2 Å². The van der Waals surface area contributed by atoms with Gasteiger partial charge in [0.05, 0.1) is 33.8 Å². The number of thioether (sulfide) groups is 1. The molecule has 1 fully saturated rings. The van der Waals surface area contributed by atoms with Crippen molar-refractivity contribution in [1.82, 2.24) is 9.78 Å². The fourth-order valence-corrected chi connectivity index (χ4v) is 5.18. The zero-order valence-corrected chi connectivity index (χ0v) is 16.2. The molecule has 0 radical (unpaired) electrons. The third kappa shape index (κ3) is 4.02. The number of aromatic nitrogens is 2. The first-order valence-corrected chi connectivity index (χ1v) is 11.1. The van der Waals surface area contributed by atoms with Gasteiger partial charge in [0.15, 0.2) is 9.84 Å². The largest absolute Gasteiger partial charge is 0.307 e. The summed E-state index contributed by atoms with van der Waals surface area (Å²) in [4.78, 5) is 13.6. The van der Waals surface area contributed by atoms with Crippen LogP contribution in [0.25, 0.3) is 0 Å². The zero-order valence-electron chi connectivity index (χ0n) is 13.8. The normalized spacial score (nSPS) is 19.1. The number of carbonyl (C=O) groups is 1. The maximum Gasteiger partial charge on any atom is 0.258 e. The van der Waals surface area contributed by atoms with E-state index in [1.165, 1.54) is 11.8 Å². The summed E-state index contributed by atoms with van der Waals surface area (Å²) in [6, 6.07) is 6.74. The number of anilines is 1. The topological polar surface area (TPSA) is 81.1 Å². The minimum atomic E-state index is -3.04. The molecular formula is C16H18ClN3O3S2. The Labute approximate surface area is 155 Å². The van der Waals surface area contributed by atoms with Crippen molar-refractivity contribution in [3.63, 3.8) is 0 Å². The van der Waals surface area contributed by atoms with Crippen molar-refractivity contribution in [2.24, 2.45) is 0 Å². The van der Waals surface area contributed by atoms with Gasteiger partial charge in [0, 0.05) is 11.0 Å². The second-order valence-corrected chi connectivity index (χ2v) is 9.49. The molecular weight excluding hydrogens is 382 g/mol. The molecule has 1 atom stereocenters. The van der Waals surface area contributed by atoms with Crippen LogP contribution in [0, 0.1) is 6.92 Å². The van der Waals surface area contributed by atoms with Crippen LogP contribution >= 0.6 is 23.4 Å². The van der Waals surface area contributed by atoms with Crippen molar-refractivity contribution in [3.05, 3.63) is 40.5 Å². The summed E-state index contributed by atoms with van der Waals surface area (Å²) in [5.41, 5.74) is 1.08. The first-order valence-electron chi connectivity index (χ1n) is 7.70. The van der Waals surface area contributed by atoms with Gasteiger partial charge in [0.1, 0.15) is 5.82 Å². The lowest BCUT2D eigenvalue weighted by molar-refractivity contribution is 0.102. The molecule has 2 heterocycles. The van der Waals surface area contributed by atoms with E-state index in [2.05, 4.69) is 10.4 Å². The van der Waals surface area contributed by atoms with E-state index in [9.17, 15) is 13.2 Å². The number of sulfone groups is 1. The molecule has 1 amide bonds. The van der Waals surface area contributed by atoms with Crippen LogP contribution in [0.4, 0.5) is 5.82 Å². The predicted octanol–water partition coefficient (Wildman–Crippen LogP) is 3.18. The Morgan fingerprint density at radius 3 is 2.80 bits per heavy atom. The van der Waals surface area contributed by atoms with Crippen molar-refractivity contribution in [1.29, 1.82) is 0 Å². The smallest absolute Gasteiger partial charge is 0.258 e. The minimum absolute atomic E-state index is 0.0414. The number of amides is 1. The molecule has 6 nitrogen and oxygen atoms in total. The number of rotatable bonds is 4.